The maximum Gasteiger partial charge on any atom is 0.256 e. The third-order valence-electron chi connectivity index (χ3n) is 4.42. The minimum absolute atomic E-state index is 0.123. The molecule has 0 N–H and O–H groups in total. The van der Waals surface area contributed by atoms with E-state index in [4.69, 9.17) is 0 Å². The fourth-order valence-electron chi connectivity index (χ4n) is 2.96. The normalized spacial score (nSPS) is 15.5. The molecule has 1 saturated heterocycles. The molecule has 0 unspecified atom stereocenters. The maximum absolute atomic E-state index is 13.7. The highest BCUT2D eigenvalue weighted by molar-refractivity contribution is 5.94. The van der Waals surface area contributed by atoms with E-state index < -0.39 is 5.82 Å². The van der Waals surface area contributed by atoms with Crippen molar-refractivity contribution in [3.05, 3.63) is 71.3 Å². The summed E-state index contributed by atoms with van der Waals surface area (Å²) < 4.78 is 27.4. The fraction of sp³-hybridized carbons (Fsp3) is 0.316. The number of amides is 1. The molecule has 0 aromatic heterocycles. The Bertz CT molecular complexity index is 712. The average Bonchev–Trinajstić information content (AvgIpc) is 2.61. The first-order valence-electron chi connectivity index (χ1n) is 8.15. The van der Waals surface area contributed by atoms with Crippen molar-refractivity contribution >= 4 is 5.91 Å². The Kier molecular flexibility index (Phi) is 5.20. The molecule has 1 amide bonds. The van der Waals surface area contributed by atoms with Crippen molar-refractivity contribution in [3.63, 3.8) is 0 Å². The topological polar surface area (TPSA) is 23.6 Å². The summed E-state index contributed by atoms with van der Waals surface area (Å²) in [5.74, 6) is -0.919. The van der Waals surface area contributed by atoms with Gasteiger partial charge in [0, 0.05) is 32.7 Å². The average molecular weight is 330 g/mol. The van der Waals surface area contributed by atoms with Gasteiger partial charge in [-0.3, -0.25) is 9.69 Å². The van der Waals surface area contributed by atoms with Crippen LogP contribution in [-0.2, 0) is 6.42 Å². The van der Waals surface area contributed by atoms with Crippen molar-refractivity contribution in [2.24, 2.45) is 0 Å². The SMILES string of the molecule is O=C(c1ccccc1F)N1CCN(CCc2ccccc2F)CC1. The van der Waals surface area contributed by atoms with Crippen molar-refractivity contribution < 1.29 is 13.6 Å². The lowest BCUT2D eigenvalue weighted by atomic mass is 10.1. The molecule has 3 rings (SSSR count). The van der Waals surface area contributed by atoms with Crippen LogP contribution >= 0.6 is 0 Å². The summed E-state index contributed by atoms with van der Waals surface area (Å²) in [4.78, 5) is 16.3. The molecule has 0 radical (unpaired) electrons. The first kappa shape index (κ1) is 16.6. The van der Waals surface area contributed by atoms with Crippen LogP contribution in [0.5, 0.6) is 0 Å². The first-order valence-corrected chi connectivity index (χ1v) is 8.15. The standard InChI is InChI=1S/C19H20F2N2O/c20-17-7-3-1-5-15(17)9-10-22-11-13-23(14-12-22)19(24)16-6-2-4-8-18(16)21/h1-8H,9-14H2. The molecule has 3 nitrogen and oxygen atoms in total. The number of halogens is 2. The van der Waals surface area contributed by atoms with E-state index in [-0.39, 0.29) is 17.3 Å². The van der Waals surface area contributed by atoms with Crippen LogP contribution in [0.3, 0.4) is 0 Å². The summed E-state index contributed by atoms with van der Waals surface area (Å²) in [6.07, 6.45) is 0.647. The van der Waals surface area contributed by atoms with Crippen molar-refractivity contribution in [2.45, 2.75) is 6.42 Å². The van der Waals surface area contributed by atoms with E-state index in [2.05, 4.69) is 4.90 Å². The van der Waals surface area contributed by atoms with E-state index in [0.29, 0.717) is 38.2 Å². The van der Waals surface area contributed by atoms with Crippen molar-refractivity contribution in [3.8, 4) is 0 Å². The Labute approximate surface area is 140 Å². The largest absolute Gasteiger partial charge is 0.336 e. The highest BCUT2D eigenvalue weighted by Crippen LogP contribution is 2.13. The number of hydrogen-bond donors (Lipinski definition) is 0. The summed E-state index contributed by atoms with van der Waals surface area (Å²) in [5, 5.41) is 0. The van der Waals surface area contributed by atoms with Gasteiger partial charge in [-0.1, -0.05) is 30.3 Å². The first-order chi connectivity index (χ1) is 11.6. The van der Waals surface area contributed by atoms with Crippen LogP contribution in [0.2, 0.25) is 0 Å². The second-order valence-corrected chi connectivity index (χ2v) is 5.96. The molecule has 1 fully saturated rings. The number of hydrogen-bond acceptors (Lipinski definition) is 2. The summed E-state index contributed by atoms with van der Waals surface area (Å²) in [6, 6.07) is 12.9. The summed E-state index contributed by atoms with van der Waals surface area (Å²) in [5.41, 5.74) is 0.833. The third kappa shape index (κ3) is 3.79. The Morgan fingerprint density at radius 3 is 2.17 bits per heavy atom. The fourth-order valence-corrected chi connectivity index (χ4v) is 2.96. The zero-order valence-electron chi connectivity index (χ0n) is 13.4. The third-order valence-corrected chi connectivity index (χ3v) is 4.42. The molecule has 1 heterocycles. The van der Waals surface area contributed by atoms with Gasteiger partial charge in [0.25, 0.3) is 5.91 Å². The van der Waals surface area contributed by atoms with Gasteiger partial charge in [-0.05, 0) is 30.2 Å². The molecule has 0 spiro atoms. The maximum atomic E-state index is 13.7. The van der Waals surface area contributed by atoms with Gasteiger partial charge in [0.15, 0.2) is 0 Å². The predicted octanol–water partition coefficient (Wildman–Crippen LogP) is 2.97. The van der Waals surface area contributed by atoms with Gasteiger partial charge < -0.3 is 4.90 Å². The lowest BCUT2D eigenvalue weighted by molar-refractivity contribution is 0.0634. The van der Waals surface area contributed by atoms with Crippen LogP contribution < -0.4 is 0 Å². The van der Waals surface area contributed by atoms with Gasteiger partial charge in [0.1, 0.15) is 11.6 Å². The number of nitrogens with zero attached hydrogens (tertiary/aromatic N) is 2. The van der Waals surface area contributed by atoms with Crippen LogP contribution in [0.4, 0.5) is 8.78 Å². The van der Waals surface area contributed by atoms with Gasteiger partial charge in [0.05, 0.1) is 5.56 Å². The Balaban J connectivity index is 1.52. The number of carbonyl (C=O) groups excluding carboxylic acids is 1. The van der Waals surface area contributed by atoms with E-state index in [0.717, 1.165) is 6.54 Å². The molecule has 0 saturated carbocycles. The number of benzene rings is 2. The van der Waals surface area contributed by atoms with E-state index in [9.17, 15) is 13.6 Å². The van der Waals surface area contributed by atoms with Crippen LogP contribution in [0.25, 0.3) is 0 Å². The monoisotopic (exact) mass is 330 g/mol. The molecule has 0 aliphatic carbocycles. The number of piperazine rings is 1. The lowest BCUT2D eigenvalue weighted by Crippen LogP contribution is -2.49. The van der Waals surface area contributed by atoms with Crippen LogP contribution in [0.15, 0.2) is 48.5 Å². The minimum atomic E-state index is -0.482. The molecule has 0 bridgehead atoms. The molecule has 1 aliphatic rings. The molecule has 0 atom stereocenters. The van der Waals surface area contributed by atoms with Gasteiger partial charge in [-0.25, -0.2) is 8.78 Å². The number of rotatable bonds is 4. The summed E-state index contributed by atoms with van der Waals surface area (Å²) >= 11 is 0. The van der Waals surface area contributed by atoms with Gasteiger partial charge in [0.2, 0.25) is 0 Å². The van der Waals surface area contributed by atoms with E-state index in [1.54, 1.807) is 29.2 Å². The summed E-state index contributed by atoms with van der Waals surface area (Å²) in [6.45, 7) is 3.31. The zero-order valence-corrected chi connectivity index (χ0v) is 13.4. The smallest absolute Gasteiger partial charge is 0.256 e. The molecule has 2 aromatic rings. The lowest BCUT2D eigenvalue weighted by Gasteiger charge is -2.34. The molecule has 126 valence electrons. The van der Waals surface area contributed by atoms with E-state index >= 15 is 0 Å². The highest BCUT2D eigenvalue weighted by atomic mass is 19.1. The van der Waals surface area contributed by atoms with Crippen molar-refractivity contribution in [1.29, 1.82) is 0 Å². The van der Waals surface area contributed by atoms with Gasteiger partial charge >= 0.3 is 0 Å². The quantitative estimate of drug-likeness (QED) is 0.860. The zero-order chi connectivity index (χ0) is 16.9. The second-order valence-electron chi connectivity index (χ2n) is 5.96. The highest BCUT2D eigenvalue weighted by Gasteiger charge is 2.23. The van der Waals surface area contributed by atoms with Gasteiger partial charge in [-0.15, -0.1) is 0 Å². The van der Waals surface area contributed by atoms with Gasteiger partial charge in [-0.2, -0.15) is 0 Å². The van der Waals surface area contributed by atoms with Crippen LogP contribution in [-0.4, -0.2) is 48.4 Å². The number of carbonyl (C=O) groups is 1. The Hall–Kier alpha value is -2.27. The Morgan fingerprint density at radius 1 is 0.875 bits per heavy atom. The predicted molar refractivity (Wildman–Crippen MR) is 88.8 cm³/mol. The summed E-state index contributed by atoms with van der Waals surface area (Å²) in [7, 11) is 0. The van der Waals surface area contributed by atoms with Crippen molar-refractivity contribution in [2.75, 3.05) is 32.7 Å². The van der Waals surface area contributed by atoms with Crippen LogP contribution in [0, 0.1) is 11.6 Å². The molecular weight excluding hydrogens is 310 g/mol. The molecule has 5 heteroatoms. The molecule has 2 aromatic carbocycles. The second kappa shape index (κ2) is 7.53. The molecular formula is C19H20F2N2O. The van der Waals surface area contributed by atoms with E-state index in [1.807, 2.05) is 6.07 Å². The van der Waals surface area contributed by atoms with Crippen molar-refractivity contribution in [1.82, 2.24) is 9.80 Å². The molecule has 1 aliphatic heterocycles. The van der Waals surface area contributed by atoms with Crippen LogP contribution in [0.1, 0.15) is 15.9 Å². The Morgan fingerprint density at radius 2 is 1.50 bits per heavy atom. The minimum Gasteiger partial charge on any atom is -0.336 e. The molecule has 24 heavy (non-hydrogen) atoms. The van der Waals surface area contributed by atoms with E-state index in [1.165, 1.54) is 18.2 Å².